The first-order valence-corrected chi connectivity index (χ1v) is 7.29. The van der Waals surface area contributed by atoms with Crippen LogP contribution in [0.25, 0.3) is 0 Å². The summed E-state index contributed by atoms with van der Waals surface area (Å²) < 4.78 is 35.0. The van der Waals surface area contributed by atoms with Crippen LogP contribution in [0.4, 0.5) is 4.79 Å². The van der Waals surface area contributed by atoms with Gasteiger partial charge in [0.05, 0.1) is 16.1 Å². The third kappa shape index (κ3) is 42.9. The number of carbonyl (C=O) groups excluding carboxylic acids is 3. The largest absolute Gasteiger partial charge is 1.00 e. The van der Waals surface area contributed by atoms with Gasteiger partial charge >= 0.3 is 148 Å². The molecule has 0 radical (unpaired) electrons. The standard InChI is InChI=1S/C6H8O7.CH2O3.5Na.H2O4S2/c7-3(8)1-6(13,5(11)12)2-4(9)10;2-1(3)4;;;;;;1-5(2)6(3)4/h13H,1-2H2,(H,7,8)(H,9,10)(H,11,12);(H2,2,3,4);;;;;;(H,1,2)(H,3,4)/q;;5*+1;/p-5. The number of aliphatic carboxylic acids is 3. The first-order valence-electron chi connectivity index (χ1n) is 4.59. The summed E-state index contributed by atoms with van der Waals surface area (Å²) in [6.07, 6.45) is -4.80. The minimum atomic E-state index is -2.97. The Balaban J connectivity index is -0.0000000384. The fourth-order valence-corrected chi connectivity index (χ4v) is 0.684. The van der Waals surface area contributed by atoms with Gasteiger partial charge in [0.15, 0.2) is 0 Å². The molecule has 0 aliphatic carbocycles. The van der Waals surface area contributed by atoms with Gasteiger partial charge in [-0.05, 0) is 0 Å². The zero-order valence-electron chi connectivity index (χ0n) is 15.6. The van der Waals surface area contributed by atoms with Crippen LogP contribution in [0, 0.1) is 0 Å². The van der Waals surface area contributed by atoms with E-state index in [0.717, 1.165) is 0 Å². The van der Waals surface area contributed by atoms with Crippen LogP contribution in [0.3, 0.4) is 0 Å². The molecule has 28 heavy (non-hydrogen) atoms. The zero-order chi connectivity index (χ0) is 19.4. The average molecular weight is 494 g/mol. The first-order chi connectivity index (χ1) is 10.2. The molecular formula is C7H7Na5O14S2. The summed E-state index contributed by atoms with van der Waals surface area (Å²) in [6.45, 7) is 0. The fourth-order valence-electron chi connectivity index (χ4n) is 0.684. The molecule has 0 aliphatic heterocycles. The molecule has 0 aliphatic rings. The predicted molar refractivity (Wildman–Crippen MR) is 56.9 cm³/mol. The van der Waals surface area contributed by atoms with E-state index in [4.69, 9.17) is 33.4 Å². The summed E-state index contributed by atoms with van der Waals surface area (Å²) in [5, 5.41) is 54.2. The van der Waals surface area contributed by atoms with Crippen LogP contribution in [0.1, 0.15) is 12.8 Å². The Labute approximate surface area is 273 Å². The molecule has 0 spiro atoms. The Kier molecular flexibility index (Phi) is 56.2. The predicted octanol–water partition coefficient (Wildman–Crippen LogP) is -22.3. The molecule has 21 heteroatoms. The molecule has 0 aromatic carbocycles. The van der Waals surface area contributed by atoms with Crippen LogP contribution in [-0.4, -0.2) is 57.4 Å². The Morgan fingerprint density at radius 1 is 0.786 bits per heavy atom. The normalized spacial score (nSPS) is 10.1. The van der Waals surface area contributed by atoms with E-state index in [1.807, 2.05) is 0 Å². The van der Waals surface area contributed by atoms with Crippen molar-refractivity contribution >= 4 is 44.3 Å². The maximum absolute atomic E-state index is 10.1. The van der Waals surface area contributed by atoms with Gasteiger partial charge in [0, 0.05) is 24.8 Å². The van der Waals surface area contributed by atoms with E-state index < -0.39 is 62.7 Å². The second kappa shape index (κ2) is 29.9. The second-order valence-electron chi connectivity index (χ2n) is 3.10. The van der Waals surface area contributed by atoms with Crippen LogP contribution >= 0.6 is 0 Å². The Morgan fingerprint density at radius 3 is 1.04 bits per heavy atom. The number of carboxylic acid groups (broad SMARTS) is 5. The smallest absolute Gasteiger partial charge is 0.760 e. The van der Waals surface area contributed by atoms with E-state index in [2.05, 4.69) is 0 Å². The molecule has 0 saturated heterocycles. The first kappa shape index (κ1) is 52.7. The molecule has 0 aromatic rings. The molecule has 0 amide bonds. The third-order valence-electron chi connectivity index (χ3n) is 1.37. The maximum atomic E-state index is 10.1. The summed E-state index contributed by atoms with van der Waals surface area (Å²) in [5.74, 6) is -5.98. The number of hydrogen-bond acceptors (Lipinski definition) is 12. The van der Waals surface area contributed by atoms with E-state index in [-0.39, 0.29) is 148 Å². The van der Waals surface area contributed by atoms with E-state index >= 15 is 0 Å². The summed E-state index contributed by atoms with van der Waals surface area (Å²) >= 11 is 0. The monoisotopic (exact) mass is 494 g/mol. The molecule has 2 unspecified atom stereocenters. The molecule has 136 valence electrons. The van der Waals surface area contributed by atoms with Crippen molar-refractivity contribution in [1.82, 2.24) is 0 Å². The van der Waals surface area contributed by atoms with Gasteiger partial charge in [-0.1, -0.05) is 0 Å². The van der Waals surface area contributed by atoms with E-state index in [0.29, 0.717) is 0 Å². The Morgan fingerprint density at radius 2 is 0.964 bits per heavy atom. The molecule has 0 bridgehead atoms. The van der Waals surface area contributed by atoms with E-state index in [1.165, 1.54) is 0 Å². The molecule has 3 N–H and O–H groups in total. The van der Waals surface area contributed by atoms with Gasteiger partial charge in [0.2, 0.25) is 16.3 Å². The number of carbonyl (C=O) groups is 4. The molecule has 2 atom stereocenters. The summed E-state index contributed by atoms with van der Waals surface area (Å²) in [6, 6.07) is 0. The van der Waals surface area contributed by atoms with Crippen molar-refractivity contribution in [3.8, 4) is 0 Å². The Hall–Kier alpha value is 2.86. The molecule has 0 rings (SSSR count). The minimum absolute atomic E-state index is 0. The zero-order valence-corrected chi connectivity index (χ0v) is 27.2. The quantitative estimate of drug-likeness (QED) is 0.176. The molecule has 0 saturated carbocycles. The molecule has 0 fully saturated rings. The van der Waals surface area contributed by atoms with E-state index in [9.17, 15) is 33.9 Å². The van der Waals surface area contributed by atoms with Crippen LogP contribution in [0.15, 0.2) is 0 Å². The van der Waals surface area contributed by atoms with Gasteiger partial charge in [-0.15, -0.1) is 0 Å². The summed E-state index contributed by atoms with van der Waals surface area (Å²) in [5.41, 5.74) is -2.97. The van der Waals surface area contributed by atoms with Crippen LogP contribution in [-0.2, 0) is 34.6 Å². The van der Waals surface area contributed by atoms with Crippen molar-refractivity contribution in [1.29, 1.82) is 0 Å². The van der Waals surface area contributed by atoms with Gasteiger partial charge in [-0.3, -0.25) is 8.76 Å². The van der Waals surface area contributed by atoms with Crippen LogP contribution in [0.5, 0.6) is 0 Å². The van der Waals surface area contributed by atoms with Gasteiger partial charge in [0.1, 0.15) is 5.60 Å². The average Bonchev–Trinajstić information content (AvgIpc) is 2.25. The molecule has 14 nitrogen and oxygen atoms in total. The van der Waals surface area contributed by atoms with Gasteiger partial charge in [-0.2, -0.15) is 0 Å². The molecule has 0 aromatic heterocycles. The topological polar surface area (TPSA) is 278 Å². The fraction of sp³-hybridized carbons (Fsp3) is 0.429. The van der Waals surface area contributed by atoms with Gasteiger partial charge in [-0.25, -0.2) is 4.21 Å². The number of rotatable bonds is 6. The maximum Gasteiger partial charge on any atom is 1.00 e. The molecule has 0 heterocycles. The minimum Gasteiger partial charge on any atom is -0.760 e. The van der Waals surface area contributed by atoms with Crippen LogP contribution < -0.4 is 168 Å². The second-order valence-corrected chi connectivity index (χ2v) is 5.62. The van der Waals surface area contributed by atoms with Gasteiger partial charge in [0.25, 0.3) is 0 Å². The van der Waals surface area contributed by atoms with Crippen molar-refractivity contribution in [3.63, 3.8) is 0 Å². The van der Waals surface area contributed by atoms with Crippen molar-refractivity contribution in [2.75, 3.05) is 0 Å². The van der Waals surface area contributed by atoms with E-state index in [1.54, 1.807) is 0 Å². The van der Waals surface area contributed by atoms with Crippen molar-refractivity contribution in [2.24, 2.45) is 0 Å². The number of carboxylic acids is 3. The summed E-state index contributed by atoms with van der Waals surface area (Å²) in [7, 11) is -5.54. The van der Waals surface area contributed by atoms with Crippen molar-refractivity contribution < 1.29 is 215 Å². The van der Waals surface area contributed by atoms with Crippen molar-refractivity contribution in [3.05, 3.63) is 0 Å². The third-order valence-corrected chi connectivity index (χ3v) is 2.30. The molecular weight excluding hydrogens is 487 g/mol. The van der Waals surface area contributed by atoms with Gasteiger partial charge < -0.3 is 54.4 Å². The Bertz CT molecular complexity index is 470. The summed E-state index contributed by atoms with van der Waals surface area (Å²) in [4.78, 5) is 38.4. The van der Waals surface area contributed by atoms with Crippen molar-refractivity contribution in [2.45, 2.75) is 18.4 Å². The SMILES string of the molecule is O=C([O-])CC(O)(CC(=O)[O-])C(=O)[O-].O=C([O-])O.O=S([O-])S(=O)O.[Na+].[Na+].[Na+].[Na+].[Na+]. The number of hydrogen-bond donors (Lipinski definition) is 3. The van der Waals surface area contributed by atoms with Crippen LogP contribution in [0.2, 0.25) is 0 Å². The number of aliphatic hydroxyl groups is 1.